The standard InChI is InChI=1S/C17H26N2O/c1-13(2)15-9-4-5-10-16(15)18-17(20)12-19-11-7-6-8-14(19)3/h4-5,9-10,13-14H,6-8,11-12H2,1-3H3,(H,18,20)/p+1/t14-/m0/s1. The van der Waals surface area contributed by atoms with Crippen LogP contribution >= 0.6 is 0 Å². The van der Waals surface area contributed by atoms with E-state index in [0.29, 0.717) is 18.5 Å². The summed E-state index contributed by atoms with van der Waals surface area (Å²) in [5, 5.41) is 3.10. The van der Waals surface area contributed by atoms with Crippen molar-refractivity contribution in [1.82, 2.24) is 0 Å². The molecule has 0 saturated carbocycles. The van der Waals surface area contributed by atoms with Crippen LogP contribution in [0.1, 0.15) is 51.5 Å². The van der Waals surface area contributed by atoms with Crippen LogP contribution in [0.25, 0.3) is 0 Å². The van der Waals surface area contributed by atoms with Crippen LogP contribution in [0, 0.1) is 0 Å². The maximum Gasteiger partial charge on any atom is 0.279 e. The van der Waals surface area contributed by atoms with E-state index in [2.05, 4.69) is 32.2 Å². The Hall–Kier alpha value is -1.35. The second kappa shape index (κ2) is 6.89. The summed E-state index contributed by atoms with van der Waals surface area (Å²) in [7, 11) is 0. The van der Waals surface area contributed by atoms with Crippen LogP contribution in [-0.4, -0.2) is 25.0 Å². The third-order valence-corrected chi connectivity index (χ3v) is 4.33. The Morgan fingerprint density at radius 3 is 2.80 bits per heavy atom. The van der Waals surface area contributed by atoms with Crippen molar-refractivity contribution < 1.29 is 9.69 Å². The average Bonchev–Trinajstić information content (AvgIpc) is 2.41. The predicted molar refractivity (Wildman–Crippen MR) is 83.2 cm³/mol. The van der Waals surface area contributed by atoms with Crippen LogP contribution in [0.2, 0.25) is 0 Å². The topological polar surface area (TPSA) is 33.5 Å². The number of nitrogens with one attached hydrogen (secondary N) is 2. The SMILES string of the molecule is CC(C)c1ccccc1NC(=O)C[NH+]1CCCC[C@@H]1C. The molecule has 20 heavy (non-hydrogen) atoms. The molecule has 3 nitrogen and oxygen atoms in total. The van der Waals surface area contributed by atoms with Gasteiger partial charge in [0.1, 0.15) is 0 Å². The molecule has 1 aromatic rings. The van der Waals surface area contributed by atoms with Gasteiger partial charge in [0.25, 0.3) is 5.91 Å². The van der Waals surface area contributed by atoms with E-state index in [1.165, 1.54) is 29.7 Å². The summed E-state index contributed by atoms with van der Waals surface area (Å²) in [6.07, 6.45) is 3.79. The quantitative estimate of drug-likeness (QED) is 0.868. The van der Waals surface area contributed by atoms with E-state index in [1.54, 1.807) is 0 Å². The number of rotatable bonds is 4. The molecule has 3 heteroatoms. The number of piperidine rings is 1. The van der Waals surface area contributed by atoms with Gasteiger partial charge in [-0.2, -0.15) is 0 Å². The number of hydrogen-bond acceptors (Lipinski definition) is 1. The van der Waals surface area contributed by atoms with Crippen LogP contribution in [-0.2, 0) is 4.79 Å². The molecule has 1 amide bonds. The number of para-hydroxylation sites is 1. The van der Waals surface area contributed by atoms with Gasteiger partial charge in [0.05, 0.1) is 12.6 Å². The van der Waals surface area contributed by atoms with Gasteiger partial charge in [0, 0.05) is 5.69 Å². The summed E-state index contributed by atoms with van der Waals surface area (Å²) in [5.41, 5.74) is 2.18. The largest absolute Gasteiger partial charge is 0.325 e. The van der Waals surface area contributed by atoms with Gasteiger partial charge in [-0.3, -0.25) is 4.79 Å². The molecule has 1 unspecified atom stereocenters. The first-order valence-electron chi connectivity index (χ1n) is 7.81. The van der Waals surface area contributed by atoms with Crippen molar-refractivity contribution in [1.29, 1.82) is 0 Å². The number of carbonyl (C=O) groups excluding carboxylic acids is 1. The predicted octanol–water partition coefficient (Wildman–Crippen LogP) is 2.21. The van der Waals surface area contributed by atoms with Crippen molar-refractivity contribution in [3.05, 3.63) is 29.8 Å². The number of hydrogen-bond donors (Lipinski definition) is 2. The summed E-state index contributed by atoms with van der Waals surface area (Å²) in [4.78, 5) is 13.7. The smallest absolute Gasteiger partial charge is 0.279 e. The number of carbonyl (C=O) groups is 1. The third-order valence-electron chi connectivity index (χ3n) is 4.33. The van der Waals surface area contributed by atoms with E-state index in [9.17, 15) is 4.79 Å². The molecule has 0 aromatic heterocycles. The van der Waals surface area contributed by atoms with Gasteiger partial charge in [-0.05, 0) is 43.7 Å². The van der Waals surface area contributed by atoms with Crippen molar-refractivity contribution >= 4 is 11.6 Å². The second-order valence-corrected chi connectivity index (χ2v) is 6.27. The molecule has 1 fully saturated rings. The zero-order chi connectivity index (χ0) is 14.5. The molecule has 2 N–H and O–H groups in total. The monoisotopic (exact) mass is 275 g/mol. The van der Waals surface area contributed by atoms with Crippen LogP contribution in [0.4, 0.5) is 5.69 Å². The first-order chi connectivity index (χ1) is 9.58. The van der Waals surface area contributed by atoms with E-state index in [1.807, 2.05) is 18.2 Å². The lowest BCUT2D eigenvalue weighted by Gasteiger charge is -2.29. The molecule has 0 radical (unpaired) electrons. The summed E-state index contributed by atoms with van der Waals surface area (Å²) in [5.74, 6) is 0.564. The third kappa shape index (κ3) is 3.83. The lowest BCUT2D eigenvalue weighted by atomic mass is 10.0. The molecule has 1 heterocycles. The van der Waals surface area contributed by atoms with E-state index in [0.717, 1.165) is 12.2 Å². The molecule has 0 spiro atoms. The minimum atomic E-state index is 0.141. The van der Waals surface area contributed by atoms with Crippen LogP contribution in [0.3, 0.4) is 0 Å². The normalized spacial score (nSPS) is 22.8. The van der Waals surface area contributed by atoms with E-state index >= 15 is 0 Å². The van der Waals surface area contributed by atoms with Gasteiger partial charge in [0.15, 0.2) is 6.54 Å². The molecule has 0 bridgehead atoms. The summed E-state index contributed by atoms with van der Waals surface area (Å²) >= 11 is 0. The number of likely N-dealkylation sites (tertiary alicyclic amines) is 1. The Balaban J connectivity index is 1.97. The van der Waals surface area contributed by atoms with E-state index in [-0.39, 0.29) is 5.91 Å². The molecular formula is C17H27N2O+. The van der Waals surface area contributed by atoms with Crippen molar-refractivity contribution in [2.75, 3.05) is 18.4 Å². The molecular weight excluding hydrogens is 248 g/mol. The van der Waals surface area contributed by atoms with Gasteiger partial charge < -0.3 is 10.2 Å². The van der Waals surface area contributed by atoms with E-state index in [4.69, 9.17) is 0 Å². The molecule has 2 rings (SSSR count). The molecule has 1 saturated heterocycles. The fourth-order valence-electron chi connectivity index (χ4n) is 3.03. The number of benzene rings is 1. The van der Waals surface area contributed by atoms with Crippen LogP contribution in [0.5, 0.6) is 0 Å². The molecule has 1 aliphatic heterocycles. The van der Waals surface area contributed by atoms with Crippen molar-refractivity contribution in [2.24, 2.45) is 0 Å². The zero-order valence-corrected chi connectivity index (χ0v) is 12.9. The zero-order valence-electron chi connectivity index (χ0n) is 12.9. The lowest BCUT2D eigenvalue weighted by molar-refractivity contribution is -0.920. The highest BCUT2D eigenvalue weighted by atomic mass is 16.2. The summed E-state index contributed by atoms with van der Waals surface area (Å²) < 4.78 is 0. The van der Waals surface area contributed by atoms with Crippen molar-refractivity contribution in [3.8, 4) is 0 Å². The highest BCUT2D eigenvalue weighted by molar-refractivity contribution is 5.92. The van der Waals surface area contributed by atoms with Gasteiger partial charge >= 0.3 is 0 Å². The van der Waals surface area contributed by atoms with Gasteiger partial charge in [-0.15, -0.1) is 0 Å². The molecule has 2 atom stereocenters. The van der Waals surface area contributed by atoms with Gasteiger partial charge in [0.2, 0.25) is 0 Å². The van der Waals surface area contributed by atoms with Crippen molar-refractivity contribution in [2.45, 2.75) is 52.0 Å². The molecule has 1 aliphatic rings. The second-order valence-electron chi connectivity index (χ2n) is 6.27. The molecule has 110 valence electrons. The fraction of sp³-hybridized carbons (Fsp3) is 0.588. The molecule has 1 aromatic carbocycles. The number of quaternary nitrogens is 1. The number of amides is 1. The highest BCUT2D eigenvalue weighted by Crippen LogP contribution is 2.23. The lowest BCUT2D eigenvalue weighted by Crippen LogP contribution is -3.17. The first kappa shape index (κ1) is 15.0. The Bertz CT molecular complexity index is 456. The maximum atomic E-state index is 12.3. The Morgan fingerprint density at radius 1 is 1.35 bits per heavy atom. The fourth-order valence-corrected chi connectivity index (χ4v) is 3.03. The minimum Gasteiger partial charge on any atom is -0.325 e. The van der Waals surface area contributed by atoms with E-state index < -0.39 is 0 Å². The highest BCUT2D eigenvalue weighted by Gasteiger charge is 2.24. The van der Waals surface area contributed by atoms with Gasteiger partial charge in [-0.1, -0.05) is 32.0 Å². The van der Waals surface area contributed by atoms with Crippen LogP contribution in [0.15, 0.2) is 24.3 Å². The summed E-state index contributed by atoms with van der Waals surface area (Å²) in [6, 6.07) is 8.72. The van der Waals surface area contributed by atoms with Crippen LogP contribution < -0.4 is 10.2 Å². The minimum absolute atomic E-state index is 0.141. The summed E-state index contributed by atoms with van der Waals surface area (Å²) in [6.45, 7) is 8.28. The first-order valence-corrected chi connectivity index (χ1v) is 7.81. The maximum absolute atomic E-state index is 12.3. The average molecular weight is 275 g/mol. The Kier molecular flexibility index (Phi) is 5.18. The molecule has 0 aliphatic carbocycles. The van der Waals surface area contributed by atoms with Crippen molar-refractivity contribution in [3.63, 3.8) is 0 Å². The number of anilines is 1. The van der Waals surface area contributed by atoms with Gasteiger partial charge in [-0.25, -0.2) is 0 Å². The Morgan fingerprint density at radius 2 is 2.10 bits per heavy atom. The Labute approximate surface area is 122 Å².